The SMILES string of the molecule is COC(=O)c1ccc(-c2ccc(OC(=O)c3ccc(OC(C)COC(C)COC(C)COC(=O)C(CC(C)C)C(C)C)cc3)cc2)nc1. The topological polar surface area (TPSA) is 119 Å². The Hall–Kier alpha value is -4.28. The molecule has 3 rings (SSSR count). The molecule has 4 unspecified atom stereocenters. The van der Waals surface area contributed by atoms with Crippen LogP contribution in [0.25, 0.3) is 11.3 Å². The van der Waals surface area contributed by atoms with Crippen molar-refractivity contribution in [1.29, 1.82) is 0 Å². The van der Waals surface area contributed by atoms with Gasteiger partial charge in [0, 0.05) is 11.8 Å². The van der Waals surface area contributed by atoms with E-state index in [1.165, 1.54) is 13.3 Å². The third kappa shape index (κ3) is 12.4. The van der Waals surface area contributed by atoms with Gasteiger partial charge in [0.1, 0.15) is 24.2 Å². The number of pyridine rings is 1. The van der Waals surface area contributed by atoms with E-state index >= 15 is 0 Å². The monoisotopic (exact) mass is 663 g/mol. The lowest BCUT2D eigenvalue weighted by molar-refractivity contribution is -0.155. The van der Waals surface area contributed by atoms with Gasteiger partial charge in [0.25, 0.3) is 0 Å². The Bertz CT molecular complexity index is 1440. The number of nitrogens with zero attached hydrogens (tertiary/aromatic N) is 1. The largest absolute Gasteiger partial charge is 0.488 e. The van der Waals surface area contributed by atoms with Gasteiger partial charge in [-0.25, -0.2) is 9.59 Å². The van der Waals surface area contributed by atoms with Crippen molar-refractivity contribution in [3.63, 3.8) is 0 Å². The van der Waals surface area contributed by atoms with Crippen LogP contribution in [-0.4, -0.2) is 68.1 Å². The Morgan fingerprint density at radius 3 is 1.81 bits per heavy atom. The summed E-state index contributed by atoms with van der Waals surface area (Å²) in [5, 5.41) is 0. The molecule has 0 saturated carbocycles. The van der Waals surface area contributed by atoms with Crippen molar-refractivity contribution in [2.45, 2.75) is 73.2 Å². The zero-order valence-corrected chi connectivity index (χ0v) is 29.3. The number of benzene rings is 2. The fourth-order valence-corrected chi connectivity index (χ4v) is 4.75. The minimum absolute atomic E-state index is 0.110. The molecule has 0 aliphatic heterocycles. The molecule has 0 aliphatic carbocycles. The fraction of sp³-hybridized carbons (Fsp3) is 0.474. The number of hydrogen-bond acceptors (Lipinski definition) is 10. The Kier molecular flexibility index (Phi) is 15.0. The van der Waals surface area contributed by atoms with Gasteiger partial charge in [-0.05, 0) is 99.7 Å². The summed E-state index contributed by atoms with van der Waals surface area (Å²) in [6.45, 7) is 14.9. The molecular weight excluding hydrogens is 614 g/mol. The van der Waals surface area contributed by atoms with Gasteiger partial charge in [0.15, 0.2) is 0 Å². The maximum Gasteiger partial charge on any atom is 0.343 e. The lowest BCUT2D eigenvalue weighted by Gasteiger charge is -2.23. The van der Waals surface area contributed by atoms with Gasteiger partial charge in [-0.2, -0.15) is 0 Å². The second kappa shape index (κ2) is 18.9. The van der Waals surface area contributed by atoms with Gasteiger partial charge in [0.2, 0.25) is 0 Å². The first-order valence-electron chi connectivity index (χ1n) is 16.4. The normalized spacial score (nSPS) is 13.8. The highest BCUT2D eigenvalue weighted by Gasteiger charge is 2.25. The van der Waals surface area contributed by atoms with E-state index in [0.29, 0.717) is 47.5 Å². The molecule has 3 aromatic rings. The molecule has 1 heterocycles. The summed E-state index contributed by atoms with van der Waals surface area (Å²) >= 11 is 0. The third-order valence-corrected chi connectivity index (χ3v) is 7.50. The van der Waals surface area contributed by atoms with E-state index < -0.39 is 11.9 Å². The van der Waals surface area contributed by atoms with E-state index in [9.17, 15) is 14.4 Å². The minimum Gasteiger partial charge on any atom is -0.488 e. The van der Waals surface area contributed by atoms with Crippen LogP contribution in [0.15, 0.2) is 66.9 Å². The Morgan fingerprint density at radius 2 is 1.25 bits per heavy atom. The molecule has 4 atom stereocenters. The lowest BCUT2D eigenvalue weighted by atomic mass is 9.88. The standard InChI is InChI=1S/C38H49NO9/c1-24(2)19-34(25(3)4)38(42)46-22-27(6)44-21-26(5)45-23-28(7)47-32-16-11-30(12-17-32)37(41)48-33-14-9-29(10-15-33)35-18-13-31(20-39-35)36(40)43-8/h9-18,20,24-28,34H,19,21-23H2,1-8H3. The Labute approximate surface area is 284 Å². The van der Waals surface area contributed by atoms with Crippen molar-refractivity contribution >= 4 is 17.9 Å². The average molecular weight is 664 g/mol. The maximum atomic E-state index is 12.7. The number of aromatic nitrogens is 1. The summed E-state index contributed by atoms with van der Waals surface area (Å²) in [6.07, 6.45) is 1.58. The predicted octanol–water partition coefficient (Wildman–Crippen LogP) is 7.19. The van der Waals surface area contributed by atoms with E-state index in [1.807, 2.05) is 34.6 Å². The molecule has 48 heavy (non-hydrogen) atoms. The molecule has 0 amide bonds. The first-order chi connectivity index (χ1) is 22.9. The number of ether oxygens (including phenoxy) is 6. The van der Waals surface area contributed by atoms with Crippen LogP contribution >= 0.6 is 0 Å². The van der Waals surface area contributed by atoms with Gasteiger partial charge in [-0.15, -0.1) is 0 Å². The summed E-state index contributed by atoms with van der Waals surface area (Å²) in [5.41, 5.74) is 2.21. The second-order valence-electron chi connectivity index (χ2n) is 12.7. The molecular formula is C38H49NO9. The van der Waals surface area contributed by atoms with Crippen molar-refractivity contribution in [2.75, 3.05) is 26.9 Å². The molecule has 1 aromatic heterocycles. The number of rotatable bonds is 18. The molecule has 0 bridgehead atoms. The van der Waals surface area contributed by atoms with Crippen LogP contribution in [0.5, 0.6) is 11.5 Å². The van der Waals surface area contributed by atoms with Crippen LogP contribution < -0.4 is 9.47 Å². The average Bonchev–Trinajstić information content (AvgIpc) is 3.07. The first kappa shape index (κ1) is 38.2. The van der Waals surface area contributed by atoms with Crippen molar-refractivity contribution in [2.24, 2.45) is 17.8 Å². The molecule has 0 aliphatic rings. The predicted molar refractivity (Wildman–Crippen MR) is 182 cm³/mol. The summed E-state index contributed by atoms with van der Waals surface area (Å²) < 4.78 is 33.5. The molecule has 10 nitrogen and oxygen atoms in total. The zero-order valence-electron chi connectivity index (χ0n) is 29.3. The zero-order chi connectivity index (χ0) is 35.2. The van der Waals surface area contributed by atoms with Gasteiger partial charge in [-0.1, -0.05) is 27.7 Å². The number of methoxy groups -OCH3 is 1. The molecule has 10 heteroatoms. The highest BCUT2D eigenvalue weighted by Crippen LogP contribution is 2.24. The lowest BCUT2D eigenvalue weighted by Crippen LogP contribution is -2.30. The van der Waals surface area contributed by atoms with Crippen molar-refractivity contribution in [1.82, 2.24) is 4.98 Å². The van der Waals surface area contributed by atoms with Gasteiger partial charge < -0.3 is 28.4 Å². The quantitative estimate of drug-likeness (QED) is 0.102. The first-order valence-corrected chi connectivity index (χ1v) is 16.4. The summed E-state index contributed by atoms with van der Waals surface area (Å²) in [6, 6.07) is 17.0. The van der Waals surface area contributed by atoms with Crippen LogP contribution in [-0.2, 0) is 23.7 Å². The van der Waals surface area contributed by atoms with E-state index in [4.69, 9.17) is 28.4 Å². The third-order valence-electron chi connectivity index (χ3n) is 7.50. The summed E-state index contributed by atoms with van der Waals surface area (Å²) in [5.74, 6) is 0.400. The second-order valence-corrected chi connectivity index (χ2v) is 12.7. The van der Waals surface area contributed by atoms with E-state index in [0.717, 1.165) is 12.0 Å². The number of carbonyl (C=O) groups is 3. The van der Waals surface area contributed by atoms with E-state index in [1.54, 1.807) is 60.7 Å². The van der Waals surface area contributed by atoms with Crippen LogP contribution in [0.1, 0.15) is 75.6 Å². The highest BCUT2D eigenvalue weighted by molar-refractivity contribution is 5.91. The minimum atomic E-state index is -0.501. The van der Waals surface area contributed by atoms with Crippen molar-refractivity contribution < 1.29 is 42.8 Å². The molecule has 0 N–H and O–H groups in total. The van der Waals surface area contributed by atoms with Crippen molar-refractivity contribution in [3.8, 4) is 22.8 Å². The van der Waals surface area contributed by atoms with Gasteiger partial charge in [-0.3, -0.25) is 9.78 Å². The summed E-state index contributed by atoms with van der Waals surface area (Å²) in [4.78, 5) is 41.2. The van der Waals surface area contributed by atoms with Crippen LogP contribution in [0.4, 0.5) is 0 Å². The van der Waals surface area contributed by atoms with Crippen molar-refractivity contribution in [3.05, 3.63) is 78.0 Å². The van der Waals surface area contributed by atoms with Crippen LogP contribution in [0.3, 0.4) is 0 Å². The number of hydrogen-bond donors (Lipinski definition) is 0. The summed E-state index contributed by atoms with van der Waals surface area (Å²) in [7, 11) is 1.32. The Morgan fingerprint density at radius 1 is 0.667 bits per heavy atom. The Balaban J connectivity index is 1.38. The molecule has 260 valence electrons. The molecule has 0 spiro atoms. The maximum absolute atomic E-state index is 12.7. The fourth-order valence-electron chi connectivity index (χ4n) is 4.75. The van der Waals surface area contributed by atoms with Crippen LogP contribution in [0, 0.1) is 17.8 Å². The molecule has 0 radical (unpaired) electrons. The number of carbonyl (C=O) groups excluding carboxylic acids is 3. The number of esters is 3. The van der Waals surface area contributed by atoms with Gasteiger partial charge >= 0.3 is 17.9 Å². The molecule has 0 fully saturated rings. The van der Waals surface area contributed by atoms with E-state index in [-0.39, 0.29) is 42.7 Å². The molecule has 0 saturated heterocycles. The smallest absolute Gasteiger partial charge is 0.343 e. The van der Waals surface area contributed by atoms with Gasteiger partial charge in [0.05, 0.1) is 55.3 Å². The molecule has 2 aromatic carbocycles. The highest BCUT2D eigenvalue weighted by atomic mass is 16.6. The van der Waals surface area contributed by atoms with E-state index in [2.05, 4.69) is 18.8 Å². The van der Waals surface area contributed by atoms with Crippen LogP contribution in [0.2, 0.25) is 0 Å².